The third-order valence-corrected chi connectivity index (χ3v) is 3.52. The molecule has 6 heteroatoms. The highest BCUT2D eigenvalue weighted by atomic mass is 79.9. The average molecular weight is 311 g/mol. The predicted molar refractivity (Wildman–Crippen MR) is 71.7 cm³/mol. The Hall–Kier alpha value is -1.43. The summed E-state index contributed by atoms with van der Waals surface area (Å²) < 4.78 is 4.13. The summed E-state index contributed by atoms with van der Waals surface area (Å²) in [5.41, 5.74) is 2.03. The minimum Gasteiger partial charge on any atom is -0.287 e. The Labute approximate surface area is 114 Å². The van der Waals surface area contributed by atoms with E-state index in [0.717, 1.165) is 5.69 Å². The number of nitrogens with zero attached hydrogens (tertiary/aromatic N) is 4. The molecule has 0 radical (unpaired) electrons. The molecule has 0 aliphatic rings. The van der Waals surface area contributed by atoms with Gasteiger partial charge in [0, 0.05) is 18.8 Å². The van der Waals surface area contributed by atoms with Gasteiger partial charge in [0.1, 0.15) is 5.69 Å². The van der Waals surface area contributed by atoms with Crippen molar-refractivity contribution in [2.24, 2.45) is 7.05 Å². The number of halogens is 1. The second kappa shape index (κ2) is 4.68. The van der Waals surface area contributed by atoms with Crippen molar-refractivity contribution in [3.63, 3.8) is 0 Å². The number of hydrogen-bond acceptors (Lipinski definition) is 3. The Morgan fingerprint density at radius 1 is 1.33 bits per heavy atom. The fraction of sp³-hybridized carbons (Fsp3) is 0.417. The van der Waals surface area contributed by atoms with Gasteiger partial charge >= 0.3 is 0 Å². The molecule has 0 spiro atoms. The normalized spacial score (nSPS) is 11.2. The minimum atomic E-state index is -0.0568. The first-order valence-corrected chi connectivity index (χ1v) is 6.49. The molecule has 0 N–H and O–H groups in total. The number of hydrogen-bond donors (Lipinski definition) is 0. The molecule has 0 unspecified atom stereocenters. The molecule has 18 heavy (non-hydrogen) atoms. The zero-order chi connectivity index (χ0) is 13.4. The average Bonchev–Trinajstić information content (AvgIpc) is 2.84. The molecule has 0 saturated carbocycles. The molecule has 0 aromatic carbocycles. The van der Waals surface area contributed by atoms with Crippen molar-refractivity contribution < 1.29 is 4.79 Å². The van der Waals surface area contributed by atoms with E-state index in [4.69, 9.17) is 0 Å². The summed E-state index contributed by atoms with van der Waals surface area (Å²) in [5, 5.41) is 8.32. The molecule has 0 fully saturated rings. The third-order valence-electron chi connectivity index (χ3n) is 2.93. The Morgan fingerprint density at radius 2 is 2.00 bits per heavy atom. The highest BCUT2D eigenvalue weighted by molar-refractivity contribution is 9.10. The fourth-order valence-corrected chi connectivity index (χ4v) is 2.25. The van der Waals surface area contributed by atoms with E-state index in [2.05, 4.69) is 26.1 Å². The summed E-state index contributed by atoms with van der Waals surface area (Å²) >= 11 is 3.38. The maximum Gasteiger partial charge on any atom is 0.215 e. The Balaban J connectivity index is 2.53. The van der Waals surface area contributed by atoms with E-state index in [9.17, 15) is 4.79 Å². The molecule has 2 aromatic rings. The van der Waals surface area contributed by atoms with Crippen LogP contribution in [0.5, 0.6) is 0 Å². The smallest absolute Gasteiger partial charge is 0.215 e. The summed E-state index contributed by atoms with van der Waals surface area (Å²) in [6, 6.07) is 0.132. The van der Waals surface area contributed by atoms with Gasteiger partial charge in [-0.2, -0.15) is 10.2 Å². The minimum absolute atomic E-state index is 0.0568. The summed E-state index contributed by atoms with van der Waals surface area (Å²) in [6.45, 7) is 5.86. The van der Waals surface area contributed by atoms with Gasteiger partial charge < -0.3 is 0 Å². The molecule has 2 rings (SSSR count). The Morgan fingerprint density at radius 3 is 2.50 bits per heavy atom. The van der Waals surface area contributed by atoms with Gasteiger partial charge in [-0.3, -0.25) is 14.2 Å². The molecule has 0 bridgehead atoms. The lowest BCUT2D eigenvalue weighted by atomic mass is 10.1. The van der Waals surface area contributed by atoms with E-state index in [-0.39, 0.29) is 11.8 Å². The molecule has 0 saturated heterocycles. The predicted octanol–water partition coefficient (Wildman–Crippen LogP) is 2.50. The summed E-state index contributed by atoms with van der Waals surface area (Å²) in [4.78, 5) is 12.5. The molecule has 2 aromatic heterocycles. The molecule has 96 valence electrons. The van der Waals surface area contributed by atoms with Crippen molar-refractivity contribution in [2.75, 3.05) is 0 Å². The summed E-state index contributed by atoms with van der Waals surface area (Å²) in [6.07, 6.45) is 3.25. The van der Waals surface area contributed by atoms with Crippen LogP contribution in [0.2, 0.25) is 0 Å². The first-order valence-electron chi connectivity index (χ1n) is 5.69. The maximum atomic E-state index is 12.5. The fourth-order valence-electron chi connectivity index (χ4n) is 1.79. The van der Waals surface area contributed by atoms with E-state index < -0.39 is 0 Å². The monoisotopic (exact) mass is 310 g/mol. The third kappa shape index (κ3) is 2.01. The lowest BCUT2D eigenvalue weighted by molar-refractivity contribution is 0.102. The van der Waals surface area contributed by atoms with Gasteiger partial charge in [0.25, 0.3) is 0 Å². The van der Waals surface area contributed by atoms with Gasteiger partial charge in [-0.15, -0.1) is 0 Å². The molecule has 0 aliphatic heterocycles. The van der Waals surface area contributed by atoms with Gasteiger partial charge in [0.15, 0.2) is 0 Å². The Bertz CT molecular complexity index is 597. The number of ketones is 1. The van der Waals surface area contributed by atoms with Crippen LogP contribution in [0.25, 0.3) is 0 Å². The largest absolute Gasteiger partial charge is 0.287 e. The SMILES string of the molecule is Cc1c(C(=O)c2c(Br)cnn2C(C)C)cnn1C. The van der Waals surface area contributed by atoms with Crippen LogP contribution in [-0.4, -0.2) is 25.3 Å². The van der Waals surface area contributed by atoms with E-state index >= 15 is 0 Å². The van der Waals surface area contributed by atoms with E-state index in [1.807, 2.05) is 27.8 Å². The van der Waals surface area contributed by atoms with Gasteiger partial charge in [-0.25, -0.2) is 0 Å². The zero-order valence-electron chi connectivity index (χ0n) is 10.8. The molecule has 0 atom stereocenters. The number of aryl methyl sites for hydroxylation is 1. The van der Waals surface area contributed by atoms with E-state index in [0.29, 0.717) is 15.7 Å². The van der Waals surface area contributed by atoms with Crippen LogP contribution < -0.4 is 0 Å². The van der Waals surface area contributed by atoms with Crippen molar-refractivity contribution in [3.05, 3.63) is 33.8 Å². The summed E-state index contributed by atoms with van der Waals surface area (Å²) in [7, 11) is 1.82. The summed E-state index contributed by atoms with van der Waals surface area (Å²) in [5.74, 6) is -0.0568. The first kappa shape index (κ1) is 13.0. The highest BCUT2D eigenvalue weighted by Crippen LogP contribution is 2.23. The van der Waals surface area contributed by atoms with Crippen molar-refractivity contribution in [1.29, 1.82) is 0 Å². The van der Waals surface area contributed by atoms with Crippen LogP contribution in [0.15, 0.2) is 16.9 Å². The van der Waals surface area contributed by atoms with Crippen LogP contribution in [-0.2, 0) is 7.05 Å². The second-order valence-electron chi connectivity index (χ2n) is 4.48. The lowest BCUT2D eigenvalue weighted by Gasteiger charge is -2.10. The van der Waals surface area contributed by atoms with E-state index in [1.165, 1.54) is 0 Å². The van der Waals surface area contributed by atoms with Gasteiger partial charge in [-0.05, 0) is 36.7 Å². The highest BCUT2D eigenvalue weighted by Gasteiger charge is 2.23. The maximum absolute atomic E-state index is 12.5. The van der Waals surface area contributed by atoms with Crippen LogP contribution in [0, 0.1) is 6.92 Å². The molecular formula is C12H15BrN4O. The van der Waals surface area contributed by atoms with Crippen LogP contribution in [0.4, 0.5) is 0 Å². The first-order chi connectivity index (χ1) is 8.43. The number of carbonyl (C=O) groups is 1. The molecular weight excluding hydrogens is 296 g/mol. The van der Waals surface area contributed by atoms with Gasteiger partial charge in [0.05, 0.1) is 22.4 Å². The number of rotatable bonds is 3. The Kier molecular flexibility index (Phi) is 3.38. The lowest BCUT2D eigenvalue weighted by Crippen LogP contribution is -2.14. The van der Waals surface area contributed by atoms with Crippen LogP contribution >= 0.6 is 15.9 Å². The standard InChI is InChI=1S/C12H15BrN4O/c1-7(2)17-11(10(13)6-15-17)12(18)9-5-14-16(4)8(9)3/h5-7H,1-4H3. The van der Waals surface area contributed by atoms with Gasteiger partial charge in [0.2, 0.25) is 5.78 Å². The number of aromatic nitrogens is 4. The van der Waals surface area contributed by atoms with Crippen LogP contribution in [0.1, 0.15) is 41.6 Å². The molecule has 0 aliphatic carbocycles. The van der Waals surface area contributed by atoms with E-state index in [1.54, 1.807) is 21.8 Å². The molecule has 0 amide bonds. The zero-order valence-corrected chi connectivity index (χ0v) is 12.4. The van der Waals surface area contributed by atoms with Crippen molar-refractivity contribution in [1.82, 2.24) is 19.6 Å². The van der Waals surface area contributed by atoms with Crippen molar-refractivity contribution in [2.45, 2.75) is 26.8 Å². The number of carbonyl (C=O) groups excluding carboxylic acids is 1. The second-order valence-corrected chi connectivity index (χ2v) is 5.33. The van der Waals surface area contributed by atoms with Crippen molar-refractivity contribution >= 4 is 21.7 Å². The topological polar surface area (TPSA) is 52.7 Å². The molecule has 2 heterocycles. The van der Waals surface area contributed by atoms with Gasteiger partial charge in [-0.1, -0.05) is 0 Å². The quantitative estimate of drug-likeness (QED) is 0.818. The van der Waals surface area contributed by atoms with Crippen molar-refractivity contribution in [3.8, 4) is 0 Å². The van der Waals surface area contributed by atoms with Crippen LogP contribution in [0.3, 0.4) is 0 Å². The molecule has 5 nitrogen and oxygen atoms in total.